The summed E-state index contributed by atoms with van der Waals surface area (Å²) < 4.78 is 5.61. The maximum absolute atomic E-state index is 10.4. The Labute approximate surface area is 110 Å². The number of rotatable bonds is 5. The first kappa shape index (κ1) is 14.3. The van der Waals surface area contributed by atoms with Crippen molar-refractivity contribution in [2.75, 3.05) is 26.7 Å². The number of hydrogen-bond acceptors (Lipinski definition) is 4. The Morgan fingerprint density at radius 2 is 2.22 bits per heavy atom. The van der Waals surface area contributed by atoms with E-state index in [2.05, 4.69) is 18.9 Å². The van der Waals surface area contributed by atoms with E-state index in [-0.39, 0.29) is 0 Å². The molecule has 18 heavy (non-hydrogen) atoms. The summed E-state index contributed by atoms with van der Waals surface area (Å²) in [7, 11) is 2.17. The van der Waals surface area contributed by atoms with Gasteiger partial charge in [0.15, 0.2) is 0 Å². The van der Waals surface area contributed by atoms with Crippen LogP contribution in [0, 0.1) is 5.92 Å². The zero-order valence-corrected chi connectivity index (χ0v) is 11.8. The van der Waals surface area contributed by atoms with E-state index in [9.17, 15) is 5.11 Å². The highest BCUT2D eigenvalue weighted by atomic mass is 16.5. The molecule has 0 bridgehead atoms. The lowest BCUT2D eigenvalue weighted by atomic mass is 9.88. The lowest BCUT2D eigenvalue weighted by molar-refractivity contribution is 0.00252. The molecule has 0 aromatic heterocycles. The molecular weight excluding hydrogens is 228 g/mol. The van der Waals surface area contributed by atoms with Crippen LogP contribution in [0.15, 0.2) is 0 Å². The van der Waals surface area contributed by atoms with Gasteiger partial charge in [-0.2, -0.15) is 0 Å². The van der Waals surface area contributed by atoms with E-state index in [0.29, 0.717) is 24.6 Å². The monoisotopic (exact) mass is 256 g/mol. The highest BCUT2D eigenvalue weighted by molar-refractivity contribution is 4.93. The van der Waals surface area contributed by atoms with Gasteiger partial charge in [-0.05, 0) is 52.1 Å². The van der Waals surface area contributed by atoms with Crippen LogP contribution in [-0.2, 0) is 4.74 Å². The van der Waals surface area contributed by atoms with Gasteiger partial charge in [0.1, 0.15) is 0 Å². The van der Waals surface area contributed by atoms with Crippen LogP contribution in [0.1, 0.15) is 39.0 Å². The van der Waals surface area contributed by atoms with Gasteiger partial charge in [0, 0.05) is 19.2 Å². The second kappa shape index (κ2) is 5.87. The highest BCUT2D eigenvalue weighted by Crippen LogP contribution is 2.37. The standard InChI is InChI=1S/C14H28N2O2/c1-11-13(6-9-18-11)16(2)8-5-12-4-3-7-14(12,17)10-15/h11-13,17H,3-10,15H2,1-2H3. The number of hydrogen-bond donors (Lipinski definition) is 2. The van der Waals surface area contributed by atoms with Crippen LogP contribution < -0.4 is 5.73 Å². The third-order valence-corrected chi connectivity index (χ3v) is 5.01. The van der Waals surface area contributed by atoms with Crippen LogP contribution in [0.2, 0.25) is 0 Å². The molecule has 3 N–H and O–H groups in total. The average Bonchev–Trinajstić information content (AvgIpc) is 2.93. The van der Waals surface area contributed by atoms with E-state index in [1.54, 1.807) is 0 Å². The summed E-state index contributed by atoms with van der Waals surface area (Å²) in [5.41, 5.74) is 5.13. The van der Waals surface area contributed by atoms with Crippen LogP contribution in [0.4, 0.5) is 0 Å². The van der Waals surface area contributed by atoms with Crippen LogP contribution in [0.25, 0.3) is 0 Å². The fourth-order valence-corrected chi connectivity index (χ4v) is 3.63. The molecule has 4 heteroatoms. The Morgan fingerprint density at radius 1 is 1.44 bits per heavy atom. The number of aliphatic hydroxyl groups is 1. The molecule has 1 aliphatic heterocycles. The van der Waals surface area contributed by atoms with Gasteiger partial charge in [-0.1, -0.05) is 6.42 Å². The quantitative estimate of drug-likeness (QED) is 0.770. The number of ether oxygens (including phenoxy) is 1. The van der Waals surface area contributed by atoms with Crippen molar-refractivity contribution in [3.05, 3.63) is 0 Å². The van der Waals surface area contributed by atoms with Crippen molar-refractivity contribution >= 4 is 0 Å². The molecule has 4 atom stereocenters. The Hall–Kier alpha value is -0.160. The Bertz CT molecular complexity index is 275. The number of nitrogens with zero attached hydrogens (tertiary/aromatic N) is 1. The van der Waals surface area contributed by atoms with Crippen molar-refractivity contribution in [3.63, 3.8) is 0 Å². The topological polar surface area (TPSA) is 58.7 Å². The Morgan fingerprint density at radius 3 is 2.83 bits per heavy atom. The molecule has 106 valence electrons. The van der Waals surface area contributed by atoms with E-state index >= 15 is 0 Å². The summed E-state index contributed by atoms with van der Waals surface area (Å²) in [4.78, 5) is 2.40. The molecule has 1 heterocycles. The highest BCUT2D eigenvalue weighted by Gasteiger charge is 2.40. The fraction of sp³-hybridized carbons (Fsp3) is 1.00. The molecule has 4 unspecified atom stereocenters. The predicted octanol–water partition coefficient (Wildman–Crippen LogP) is 0.976. The van der Waals surface area contributed by atoms with Crippen LogP contribution in [0.5, 0.6) is 0 Å². The van der Waals surface area contributed by atoms with Crippen LogP contribution in [0.3, 0.4) is 0 Å². The molecule has 1 saturated heterocycles. The summed E-state index contributed by atoms with van der Waals surface area (Å²) in [6.45, 7) is 4.47. The van der Waals surface area contributed by atoms with Crippen molar-refractivity contribution in [2.24, 2.45) is 11.7 Å². The molecule has 4 nitrogen and oxygen atoms in total. The third kappa shape index (κ3) is 2.87. The van der Waals surface area contributed by atoms with Crippen molar-refractivity contribution in [1.82, 2.24) is 4.90 Å². The van der Waals surface area contributed by atoms with Crippen molar-refractivity contribution in [1.29, 1.82) is 0 Å². The summed E-state index contributed by atoms with van der Waals surface area (Å²) >= 11 is 0. The Kier molecular flexibility index (Phi) is 4.64. The number of nitrogens with two attached hydrogens (primary N) is 1. The first-order valence-electron chi connectivity index (χ1n) is 7.31. The van der Waals surface area contributed by atoms with Crippen molar-refractivity contribution < 1.29 is 9.84 Å². The summed E-state index contributed by atoms with van der Waals surface area (Å²) in [5.74, 6) is 0.377. The second-order valence-corrected chi connectivity index (χ2v) is 6.10. The molecule has 0 aromatic rings. The lowest BCUT2D eigenvalue weighted by Gasteiger charge is -2.32. The molecule has 1 saturated carbocycles. The van der Waals surface area contributed by atoms with Gasteiger partial charge in [-0.3, -0.25) is 0 Å². The van der Waals surface area contributed by atoms with Gasteiger partial charge < -0.3 is 20.5 Å². The van der Waals surface area contributed by atoms with E-state index < -0.39 is 5.60 Å². The molecule has 0 spiro atoms. The minimum Gasteiger partial charge on any atom is -0.388 e. The lowest BCUT2D eigenvalue weighted by Crippen LogP contribution is -2.43. The predicted molar refractivity (Wildman–Crippen MR) is 72.4 cm³/mol. The van der Waals surface area contributed by atoms with Gasteiger partial charge in [0.2, 0.25) is 0 Å². The summed E-state index contributed by atoms with van der Waals surface area (Å²) in [6.07, 6.45) is 5.63. The van der Waals surface area contributed by atoms with Crippen molar-refractivity contribution in [2.45, 2.75) is 56.8 Å². The molecule has 1 aliphatic carbocycles. The Balaban J connectivity index is 1.80. The second-order valence-electron chi connectivity index (χ2n) is 6.10. The van der Waals surface area contributed by atoms with Gasteiger partial charge in [0.05, 0.1) is 11.7 Å². The molecule has 2 rings (SSSR count). The fourth-order valence-electron chi connectivity index (χ4n) is 3.63. The minimum absolute atomic E-state index is 0.340. The average molecular weight is 256 g/mol. The minimum atomic E-state index is -0.599. The van der Waals surface area contributed by atoms with Gasteiger partial charge in [-0.25, -0.2) is 0 Å². The van der Waals surface area contributed by atoms with E-state index in [1.807, 2.05) is 0 Å². The van der Waals surface area contributed by atoms with Crippen LogP contribution >= 0.6 is 0 Å². The molecular formula is C14H28N2O2. The van der Waals surface area contributed by atoms with Gasteiger partial charge in [0.25, 0.3) is 0 Å². The number of likely N-dealkylation sites (N-methyl/N-ethyl adjacent to an activating group) is 1. The smallest absolute Gasteiger partial charge is 0.0797 e. The molecule has 2 aliphatic rings. The first-order chi connectivity index (χ1) is 8.57. The van der Waals surface area contributed by atoms with E-state index in [1.165, 1.54) is 0 Å². The van der Waals surface area contributed by atoms with Crippen molar-refractivity contribution in [3.8, 4) is 0 Å². The SMILES string of the molecule is CC1OCCC1N(C)CCC1CCCC1(O)CN. The normalized spacial score (nSPS) is 40.8. The summed E-state index contributed by atoms with van der Waals surface area (Å²) in [6, 6.07) is 0.539. The van der Waals surface area contributed by atoms with Crippen LogP contribution in [-0.4, -0.2) is 54.5 Å². The largest absolute Gasteiger partial charge is 0.388 e. The zero-order chi connectivity index (χ0) is 13.2. The third-order valence-electron chi connectivity index (χ3n) is 5.01. The summed E-state index contributed by atoms with van der Waals surface area (Å²) in [5, 5.41) is 10.4. The molecule has 0 radical (unpaired) electrons. The molecule has 0 amide bonds. The van der Waals surface area contributed by atoms with E-state index in [4.69, 9.17) is 10.5 Å². The van der Waals surface area contributed by atoms with Gasteiger partial charge >= 0.3 is 0 Å². The molecule has 2 fully saturated rings. The molecule has 0 aromatic carbocycles. The maximum Gasteiger partial charge on any atom is 0.0797 e. The maximum atomic E-state index is 10.4. The first-order valence-corrected chi connectivity index (χ1v) is 7.31. The van der Waals surface area contributed by atoms with Gasteiger partial charge in [-0.15, -0.1) is 0 Å². The van der Waals surface area contributed by atoms with E-state index in [0.717, 1.165) is 45.3 Å². The zero-order valence-electron chi connectivity index (χ0n) is 11.8.